The summed E-state index contributed by atoms with van der Waals surface area (Å²) in [5.41, 5.74) is 2.67. The van der Waals surface area contributed by atoms with Gasteiger partial charge in [-0.25, -0.2) is 0 Å². The molecule has 0 amide bonds. The second-order valence-electron chi connectivity index (χ2n) is 9.22. The average Bonchev–Trinajstić information content (AvgIpc) is 3.29. The lowest BCUT2D eigenvalue weighted by Crippen LogP contribution is -2.65. The van der Waals surface area contributed by atoms with E-state index in [0.29, 0.717) is 11.8 Å². The molecule has 1 saturated carbocycles. The van der Waals surface area contributed by atoms with Crippen molar-refractivity contribution in [3.05, 3.63) is 29.3 Å². The summed E-state index contributed by atoms with van der Waals surface area (Å²) < 4.78 is 5.68. The molecule has 0 spiro atoms. The molecule has 1 aromatic rings. The van der Waals surface area contributed by atoms with E-state index in [1.54, 1.807) is 0 Å². The number of phenolic OH excluding ortho intramolecular Hbond substituents is 1. The van der Waals surface area contributed by atoms with Gasteiger partial charge >= 0.3 is 5.97 Å². The van der Waals surface area contributed by atoms with E-state index in [0.717, 1.165) is 45.2 Å². The highest BCUT2D eigenvalue weighted by atomic mass is 16.6. The lowest BCUT2D eigenvalue weighted by Gasteiger charge is -2.62. The second kappa shape index (κ2) is 5.72. The van der Waals surface area contributed by atoms with E-state index in [2.05, 4.69) is 31.7 Å². The van der Waals surface area contributed by atoms with E-state index in [4.69, 9.17) is 4.74 Å². The highest BCUT2D eigenvalue weighted by molar-refractivity contribution is 5.67. The zero-order valence-corrected chi connectivity index (χ0v) is 16.5. The van der Waals surface area contributed by atoms with Gasteiger partial charge in [-0.2, -0.15) is 0 Å². The van der Waals surface area contributed by atoms with Crippen molar-refractivity contribution in [3.63, 3.8) is 0 Å². The summed E-state index contributed by atoms with van der Waals surface area (Å²) in [6, 6.07) is 6.37. The third-order valence-electron chi connectivity index (χ3n) is 7.62. The van der Waals surface area contributed by atoms with E-state index < -0.39 is 0 Å². The van der Waals surface area contributed by atoms with Crippen LogP contribution in [0.3, 0.4) is 0 Å². The van der Waals surface area contributed by atoms with E-state index in [9.17, 15) is 9.90 Å². The van der Waals surface area contributed by atoms with Crippen LogP contribution < -0.4 is 0 Å². The van der Waals surface area contributed by atoms with Crippen molar-refractivity contribution in [2.24, 2.45) is 5.41 Å². The summed E-state index contributed by atoms with van der Waals surface area (Å²) in [5, 5.41) is 10.1. The number of fused-ring (bicyclic) bond motifs is 4. The molecule has 26 heavy (non-hydrogen) atoms. The van der Waals surface area contributed by atoms with Crippen molar-refractivity contribution >= 4 is 5.97 Å². The Morgan fingerprint density at radius 1 is 1.31 bits per heavy atom. The zero-order valence-electron chi connectivity index (χ0n) is 16.5. The maximum absolute atomic E-state index is 11.5. The maximum Gasteiger partial charge on any atom is 0.303 e. The summed E-state index contributed by atoms with van der Waals surface area (Å²) in [6.45, 7) is 10.5. The van der Waals surface area contributed by atoms with E-state index >= 15 is 0 Å². The number of ether oxygens (including phenoxy) is 1. The molecule has 2 fully saturated rings. The molecule has 1 saturated heterocycles. The standard InChI is InChI=1S/C22H31NO3/c1-5-22-10-11-23(14-21(8-9-21)26-15(2)24)19(20(22,3)4)12-16-6-7-17(25)13-18(16)22/h6-7,13,19,25H,5,8-12,14H2,1-4H3/t19-,22+/m1/s1. The molecule has 1 heterocycles. The third-order valence-corrected chi connectivity index (χ3v) is 7.62. The fourth-order valence-corrected chi connectivity index (χ4v) is 5.97. The van der Waals surface area contributed by atoms with Crippen LogP contribution >= 0.6 is 0 Å². The molecule has 3 aliphatic rings. The first kappa shape index (κ1) is 17.8. The van der Waals surface area contributed by atoms with Crippen molar-refractivity contribution in [2.45, 2.75) is 76.9 Å². The van der Waals surface area contributed by atoms with Crippen molar-refractivity contribution in [1.82, 2.24) is 4.90 Å². The minimum atomic E-state index is -0.247. The van der Waals surface area contributed by atoms with Crippen LogP contribution in [0.1, 0.15) is 64.5 Å². The Balaban J connectivity index is 1.70. The number of hydrogen-bond donors (Lipinski definition) is 1. The van der Waals surface area contributed by atoms with Gasteiger partial charge in [0, 0.05) is 24.9 Å². The molecule has 4 nitrogen and oxygen atoms in total. The van der Waals surface area contributed by atoms with Gasteiger partial charge in [-0.15, -0.1) is 0 Å². The number of carbonyl (C=O) groups is 1. The fourth-order valence-electron chi connectivity index (χ4n) is 5.97. The predicted molar refractivity (Wildman–Crippen MR) is 101 cm³/mol. The lowest BCUT2D eigenvalue weighted by molar-refractivity contribution is -0.152. The second-order valence-corrected chi connectivity index (χ2v) is 9.22. The molecule has 2 bridgehead atoms. The van der Waals surface area contributed by atoms with Gasteiger partial charge in [-0.05, 0) is 67.3 Å². The Kier molecular flexibility index (Phi) is 3.93. The molecule has 4 heteroatoms. The summed E-state index contributed by atoms with van der Waals surface area (Å²) in [5.74, 6) is 0.214. The first-order valence-corrected chi connectivity index (χ1v) is 9.99. The van der Waals surface area contributed by atoms with Crippen molar-refractivity contribution in [3.8, 4) is 5.75 Å². The SMILES string of the molecule is CC[C@]12CCN(CC3(OC(C)=O)CC3)[C@H](Cc3ccc(O)cc31)C2(C)C. The third kappa shape index (κ3) is 2.49. The number of likely N-dealkylation sites (tertiary alicyclic amines) is 1. The van der Waals surface area contributed by atoms with Gasteiger partial charge in [0.15, 0.2) is 0 Å². The number of carbonyl (C=O) groups excluding carboxylic acids is 1. The molecule has 142 valence electrons. The number of benzene rings is 1. The Labute approximate surface area is 156 Å². The van der Waals surface area contributed by atoms with E-state index in [-0.39, 0.29) is 22.4 Å². The van der Waals surface area contributed by atoms with E-state index in [1.807, 2.05) is 12.1 Å². The molecule has 1 aromatic carbocycles. The van der Waals surface area contributed by atoms with Crippen LogP contribution in [0.2, 0.25) is 0 Å². The minimum Gasteiger partial charge on any atom is -0.508 e. The highest BCUT2D eigenvalue weighted by Crippen LogP contribution is 2.59. The number of phenols is 1. The van der Waals surface area contributed by atoms with Gasteiger partial charge in [-0.1, -0.05) is 26.8 Å². The van der Waals surface area contributed by atoms with Gasteiger partial charge in [0.05, 0.1) is 0 Å². The molecule has 1 N–H and O–H groups in total. The normalized spacial score (nSPS) is 31.2. The topological polar surface area (TPSA) is 49.8 Å². The number of aromatic hydroxyl groups is 1. The van der Waals surface area contributed by atoms with Crippen LogP contribution in [0, 0.1) is 5.41 Å². The summed E-state index contributed by atoms with van der Waals surface area (Å²) in [6.07, 6.45) is 5.13. The van der Waals surface area contributed by atoms with Crippen molar-refractivity contribution in [1.29, 1.82) is 0 Å². The van der Waals surface area contributed by atoms with Gasteiger partial charge in [0.25, 0.3) is 0 Å². The van der Waals surface area contributed by atoms with Crippen LogP contribution in [0.25, 0.3) is 0 Å². The van der Waals surface area contributed by atoms with Crippen molar-refractivity contribution in [2.75, 3.05) is 13.1 Å². The molecule has 1 aliphatic heterocycles. The molecule has 0 unspecified atom stereocenters. The smallest absolute Gasteiger partial charge is 0.303 e. The van der Waals surface area contributed by atoms with Crippen LogP contribution in [0.15, 0.2) is 18.2 Å². The Morgan fingerprint density at radius 2 is 2.04 bits per heavy atom. The molecule has 2 atom stereocenters. The number of piperidine rings is 1. The zero-order chi connectivity index (χ0) is 18.7. The Hall–Kier alpha value is -1.55. The average molecular weight is 357 g/mol. The van der Waals surface area contributed by atoms with Crippen LogP contribution in [0.4, 0.5) is 0 Å². The molecular weight excluding hydrogens is 326 g/mol. The van der Waals surface area contributed by atoms with Crippen LogP contribution in [-0.4, -0.2) is 40.7 Å². The number of nitrogens with zero attached hydrogens (tertiary/aromatic N) is 1. The van der Waals surface area contributed by atoms with Gasteiger partial charge < -0.3 is 9.84 Å². The summed E-state index contributed by atoms with van der Waals surface area (Å²) in [4.78, 5) is 14.1. The molecular formula is C22H31NO3. The molecule has 4 rings (SSSR count). The molecule has 0 aromatic heterocycles. The monoisotopic (exact) mass is 357 g/mol. The first-order chi connectivity index (χ1) is 12.2. The van der Waals surface area contributed by atoms with Gasteiger partial charge in [0.2, 0.25) is 0 Å². The summed E-state index contributed by atoms with van der Waals surface area (Å²) in [7, 11) is 0. The minimum absolute atomic E-state index is 0.0959. The fraction of sp³-hybridized carbons (Fsp3) is 0.682. The summed E-state index contributed by atoms with van der Waals surface area (Å²) >= 11 is 0. The quantitative estimate of drug-likeness (QED) is 0.833. The largest absolute Gasteiger partial charge is 0.508 e. The van der Waals surface area contributed by atoms with Crippen LogP contribution in [-0.2, 0) is 21.4 Å². The van der Waals surface area contributed by atoms with Crippen molar-refractivity contribution < 1.29 is 14.6 Å². The predicted octanol–water partition coefficient (Wildman–Crippen LogP) is 3.79. The van der Waals surface area contributed by atoms with Gasteiger partial charge in [-0.3, -0.25) is 9.69 Å². The molecule has 0 radical (unpaired) electrons. The molecule has 2 aliphatic carbocycles. The van der Waals surface area contributed by atoms with Crippen LogP contribution in [0.5, 0.6) is 5.75 Å². The van der Waals surface area contributed by atoms with Gasteiger partial charge in [0.1, 0.15) is 11.4 Å². The maximum atomic E-state index is 11.5. The lowest BCUT2D eigenvalue weighted by atomic mass is 9.49. The number of esters is 1. The number of hydrogen-bond acceptors (Lipinski definition) is 4. The Morgan fingerprint density at radius 3 is 2.65 bits per heavy atom. The number of rotatable bonds is 4. The first-order valence-electron chi connectivity index (χ1n) is 9.99. The Bertz CT molecular complexity index is 737. The van der Waals surface area contributed by atoms with E-state index in [1.165, 1.54) is 18.1 Å². The highest BCUT2D eigenvalue weighted by Gasteiger charge is 2.59.